The molecule has 0 radical (unpaired) electrons. The first-order valence-corrected chi connectivity index (χ1v) is 10.1. The molecule has 1 atom stereocenters. The summed E-state index contributed by atoms with van der Waals surface area (Å²) in [5.74, 6) is 0.672. The van der Waals surface area contributed by atoms with Gasteiger partial charge >= 0.3 is 0 Å². The van der Waals surface area contributed by atoms with Crippen molar-refractivity contribution in [1.29, 1.82) is 0 Å². The van der Waals surface area contributed by atoms with Crippen molar-refractivity contribution in [2.45, 2.75) is 38.4 Å². The van der Waals surface area contributed by atoms with Crippen molar-refractivity contribution in [1.82, 2.24) is 5.32 Å². The molecule has 0 amide bonds. The number of benzene rings is 1. The highest BCUT2D eigenvalue weighted by Crippen LogP contribution is 2.29. The Hall–Kier alpha value is -0.873. The van der Waals surface area contributed by atoms with Crippen molar-refractivity contribution >= 4 is 8.32 Å². The van der Waals surface area contributed by atoms with Gasteiger partial charge in [-0.3, -0.25) is 0 Å². The summed E-state index contributed by atoms with van der Waals surface area (Å²) in [6.07, 6.45) is 2.36. The zero-order chi connectivity index (χ0) is 13.2. The van der Waals surface area contributed by atoms with Gasteiger partial charge in [0.1, 0.15) is 5.75 Å². The second-order valence-electron chi connectivity index (χ2n) is 5.95. The predicted molar refractivity (Wildman–Crippen MR) is 75.2 cm³/mol. The number of hydrogen-bond acceptors (Lipinski definition) is 2. The molecule has 2 rings (SSSR count). The topological polar surface area (TPSA) is 21.3 Å². The zero-order valence-electron chi connectivity index (χ0n) is 11.4. The number of hydrogen-bond donors (Lipinski definition) is 1. The van der Waals surface area contributed by atoms with Crippen LogP contribution in [0.25, 0.3) is 0 Å². The van der Waals surface area contributed by atoms with Gasteiger partial charge in [-0.2, -0.15) is 0 Å². The fourth-order valence-corrected chi connectivity index (χ4v) is 3.13. The van der Waals surface area contributed by atoms with Gasteiger partial charge in [0.05, 0.1) is 0 Å². The largest absolute Gasteiger partial charge is 0.542 e. The predicted octanol–water partition coefficient (Wildman–Crippen LogP) is 3.51. The van der Waals surface area contributed by atoms with E-state index in [9.17, 15) is 4.39 Å². The summed E-state index contributed by atoms with van der Waals surface area (Å²) in [4.78, 5) is 0. The van der Waals surface area contributed by atoms with Crippen LogP contribution in [0.4, 0.5) is 4.39 Å². The van der Waals surface area contributed by atoms with Gasteiger partial charge in [-0.1, -0.05) is 6.07 Å². The van der Waals surface area contributed by atoms with Gasteiger partial charge in [0, 0.05) is 6.54 Å². The Labute approximate surface area is 110 Å². The van der Waals surface area contributed by atoms with Crippen molar-refractivity contribution in [3.05, 3.63) is 29.6 Å². The Morgan fingerprint density at radius 1 is 1.33 bits per heavy atom. The van der Waals surface area contributed by atoms with Gasteiger partial charge in [-0.05, 0) is 62.6 Å². The minimum Gasteiger partial charge on any atom is -0.542 e. The summed E-state index contributed by atoms with van der Waals surface area (Å²) in [6, 6.07) is 5.33. The molecule has 100 valence electrons. The Balaban J connectivity index is 2.19. The maximum Gasteiger partial charge on any atom is 0.242 e. The monoisotopic (exact) mass is 267 g/mol. The van der Waals surface area contributed by atoms with Crippen LogP contribution >= 0.6 is 0 Å². The summed E-state index contributed by atoms with van der Waals surface area (Å²) in [5.41, 5.74) is 1.19. The van der Waals surface area contributed by atoms with Gasteiger partial charge in [-0.25, -0.2) is 4.39 Å². The molecule has 1 saturated heterocycles. The molecule has 1 aliphatic heterocycles. The smallest absolute Gasteiger partial charge is 0.242 e. The minimum absolute atomic E-state index is 0.245. The molecule has 0 bridgehead atoms. The summed E-state index contributed by atoms with van der Waals surface area (Å²) in [7, 11) is -1.76. The molecule has 1 aromatic rings. The molecule has 1 fully saturated rings. The van der Waals surface area contributed by atoms with E-state index in [-0.39, 0.29) is 5.82 Å². The summed E-state index contributed by atoms with van der Waals surface area (Å²) in [5, 5.41) is 3.39. The lowest BCUT2D eigenvalue weighted by Gasteiger charge is -2.25. The van der Waals surface area contributed by atoms with Crippen LogP contribution in [0.1, 0.15) is 24.3 Å². The first-order chi connectivity index (χ1) is 8.46. The Morgan fingerprint density at radius 3 is 2.72 bits per heavy atom. The number of rotatable bonds is 3. The molecule has 0 aromatic heterocycles. The van der Waals surface area contributed by atoms with Gasteiger partial charge < -0.3 is 9.74 Å². The van der Waals surface area contributed by atoms with Crippen LogP contribution in [0.5, 0.6) is 5.75 Å². The lowest BCUT2D eigenvalue weighted by atomic mass is 9.91. The van der Waals surface area contributed by atoms with Gasteiger partial charge in [-0.15, -0.1) is 0 Å². The van der Waals surface area contributed by atoms with Gasteiger partial charge in [0.2, 0.25) is 8.32 Å². The first-order valence-electron chi connectivity index (χ1n) is 6.65. The van der Waals surface area contributed by atoms with E-state index in [1.54, 1.807) is 6.07 Å². The molecule has 4 heteroatoms. The Kier molecular flexibility index (Phi) is 4.07. The molecule has 2 nitrogen and oxygen atoms in total. The molecule has 1 aromatic carbocycles. The van der Waals surface area contributed by atoms with E-state index in [2.05, 4.69) is 25.0 Å². The highest BCUT2D eigenvalue weighted by Gasteiger charge is 2.21. The molecule has 1 heterocycles. The third-order valence-electron chi connectivity index (χ3n) is 3.14. The average molecular weight is 267 g/mol. The summed E-state index contributed by atoms with van der Waals surface area (Å²) in [6.45, 7) is 8.29. The average Bonchev–Trinajstić information content (AvgIpc) is 2.31. The molecule has 1 aliphatic rings. The molecule has 1 unspecified atom stereocenters. The van der Waals surface area contributed by atoms with Crippen LogP contribution in [0, 0.1) is 5.82 Å². The van der Waals surface area contributed by atoms with Crippen molar-refractivity contribution in [3.8, 4) is 5.75 Å². The second-order valence-corrected chi connectivity index (χ2v) is 10.4. The van der Waals surface area contributed by atoms with Crippen LogP contribution in [0.3, 0.4) is 0 Å². The lowest BCUT2D eigenvalue weighted by Crippen LogP contribution is -2.30. The molecule has 0 spiro atoms. The van der Waals surface area contributed by atoms with E-state index >= 15 is 0 Å². The molecule has 1 N–H and O–H groups in total. The van der Waals surface area contributed by atoms with Crippen LogP contribution < -0.4 is 9.74 Å². The molecular formula is C14H22FNOSi. The zero-order valence-corrected chi connectivity index (χ0v) is 12.4. The summed E-state index contributed by atoms with van der Waals surface area (Å²) < 4.78 is 19.6. The standard InChI is InChI=1S/C14H22FNOSi/c1-18(2,3)17-14-9-11(6-7-13(14)15)12-5-4-8-16-10-12/h6-7,9,12,16H,4-5,8,10H2,1-3H3. The Bertz CT molecular complexity index is 411. The van der Waals surface area contributed by atoms with E-state index in [1.165, 1.54) is 18.4 Å². The second kappa shape index (κ2) is 5.41. The lowest BCUT2D eigenvalue weighted by molar-refractivity contribution is 0.455. The van der Waals surface area contributed by atoms with E-state index in [0.717, 1.165) is 13.1 Å². The summed E-state index contributed by atoms with van der Waals surface area (Å²) >= 11 is 0. The third kappa shape index (κ3) is 3.56. The fraction of sp³-hybridized carbons (Fsp3) is 0.571. The van der Waals surface area contributed by atoms with E-state index in [0.29, 0.717) is 11.7 Å². The maximum atomic E-state index is 13.7. The maximum absolute atomic E-state index is 13.7. The molecule has 18 heavy (non-hydrogen) atoms. The van der Waals surface area contributed by atoms with Crippen molar-refractivity contribution in [2.75, 3.05) is 13.1 Å². The SMILES string of the molecule is C[Si](C)(C)Oc1cc(C2CCCNC2)ccc1F. The number of nitrogens with one attached hydrogen (secondary N) is 1. The van der Waals surface area contributed by atoms with Gasteiger partial charge in [0.25, 0.3) is 0 Å². The van der Waals surface area contributed by atoms with Crippen LogP contribution in [0.2, 0.25) is 19.6 Å². The highest BCUT2D eigenvalue weighted by molar-refractivity contribution is 6.70. The highest BCUT2D eigenvalue weighted by atomic mass is 28.4. The van der Waals surface area contributed by atoms with Gasteiger partial charge in [0.15, 0.2) is 5.82 Å². The van der Waals surface area contributed by atoms with Crippen LogP contribution in [-0.2, 0) is 0 Å². The van der Waals surface area contributed by atoms with Crippen molar-refractivity contribution in [3.63, 3.8) is 0 Å². The van der Waals surface area contributed by atoms with E-state index in [4.69, 9.17) is 4.43 Å². The third-order valence-corrected chi connectivity index (χ3v) is 3.97. The van der Waals surface area contributed by atoms with Crippen molar-refractivity contribution in [2.24, 2.45) is 0 Å². The van der Waals surface area contributed by atoms with Crippen LogP contribution in [-0.4, -0.2) is 21.4 Å². The van der Waals surface area contributed by atoms with Crippen molar-refractivity contribution < 1.29 is 8.82 Å². The van der Waals surface area contributed by atoms with Crippen LogP contribution in [0.15, 0.2) is 18.2 Å². The van der Waals surface area contributed by atoms with E-state index in [1.807, 2.05) is 12.1 Å². The minimum atomic E-state index is -1.76. The number of piperidine rings is 1. The fourth-order valence-electron chi connectivity index (χ4n) is 2.32. The Morgan fingerprint density at radius 2 is 2.11 bits per heavy atom. The normalized spacial score (nSPS) is 20.8. The first kappa shape index (κ1) is 13.6. The number of halogens is 1. The molecular weight excluding hydrogens is 245 g/mol. The molecule has 0 aliphatic carbocycles. The van der Waals surface area contributed by atoms with E-state index < -0.39 is 8.32 Å². The quantitative estimate of drug-likeness (QED) is 0.846. The molecule has 0 saturated carbocycles.